The second-order valence-corrected chi connectivity index (χ2v) is 5.96. The van der Waals surface area contributed by atoms with Gasteiger partial charge in [-0.15, -0.1) is 0 Å². The fraction of sp³-hybridized carbons (Fsp3) is 0.562. The van der Waals surface area contributed by atoms with Crippen LogP contribution in [-0.2, 0) is 11.2 Å². The van der Waals surface area contributed by atoms with Crippen LogP contribution in [0.3, 0.4) is 0 Å². The van der Waals surface area contributed by atoms with E-state index in [-0.39, 0.29) is 11.3 Å². The molecule has 0 spiro atoms. The summed E-state index contributed by atoms with van der Waals surface area (Å²) in [5.74, 6) is 0.130. The van der Waals surface area contributed by atoms with E-state index in [1.807, 2.05) is 13.1 Å². The van der Waals surface area contributed by atoms with Gasteiger partial charge in [-0.05, 0) is 31.4 Å². The fourth-order valence-corrected chi connectivity index (χ4v) is 2.09. The second kappa shape index (κ2) is 7.29. The maximum atomic E-state index is 11.8. The van der Waals surface area contributed by atoms with Gasteiger partial charge in [-0.1, -0.05) is 43.7 Å². The highest BCUT2D eigenvalue weighted by Gasteiger charge is 2.17. The molecule has 0 bridgehead atoms. The van der Waals surface area contributed by atoms with Crippen LogP contribution >= 0.6 is 0 Å². The smallest absolute Gasteiger partial charge is 0.220 e. The summed E-state index contributed by atoms with van der Waals surface area (Å²) in [6.07, 6.45) is 1.36. The van der Waals surface area contributed by atoms with Crippen LogP contribution in [0.4, 0.5) is 0 Å². The van der Waals surface area contributed by atoms with E-state index in [1.54, 1.807) is 0 Å². The minimum absolute atomic E-state index is 0.0910. The number of amides is 1. The zero-order valence-electron chi connectivity index (χ0n) is 12.5. The van der Waals surface area contributed by atoms with Crippen LogP contribution in [0.1, 0.15) is 31.4 Å². The number of rotatable bonds is 7. The number of hydrogen-bond acceptors (Lipinski definition) is 2. The van der Waals surface area contributed by atoms with Gasteiger partial charge in [0.2, 0.25) is 5.91 Å². The Morgan fingerprint density at radius 1 is 1.26 bits per heavy atom. The van der Waals surface area contributed by atoms with Crippen molar-refractivity contribution < 1.29 is 4.79 Å². The first-order valence-corrected chi connectivity index (χ1v) is 6.90. The standard InChI is InChI=1S/C16H26N2O/c1-13-6-5-7-14(10-13)8-9-15(19)18-12-16(2,3)11-17-4/h5-7,10,17H,8-9,11-12H2,1-4H3,(H,18,19). The number of aryl methyl sites for hydroxylation is 2. The Morgan fingerprint density at radius 2 is 2.00 bits per heavy atom. The van der Waals surface area contributed by atoms with Gasteiger partial charge < -0.3 is 10.6 Å². The molecule has 0 aliphatic heterocycles. The lowest BCUT2D eigenvalue weighted by molar-refractivity contribution is -0.121. The summed E-state index contributed by atoms with van der Waals surface area (Å²) < 4.78 is 0. The van der Waals surface area contributed by atoms with Crippen molar-refractivity contribution in [2.75, 3.05) is 20.1 Å². The highest BCUT2D eigenvalue weighted by molar-refractivity contribution is 5.76. The summed E-state index contributed by atoms with van der Waals surface area (Å²) in [7, 11) is 1.93. The van der Waals surface area contributed by atoms with Crippen molar-refractivity contribution in [3.63, 3.8) is 0 Å². The van der Waals surface area contributed by atoms with Crippen molar-refractivity contribution in [2.24, 2.45) is 5.41 Å². The Kier molecular flexibility index (Phi) is 6.03. The maximum absolute atomic E-state index is 11.8. The Morgan fingerprint density at radius 3 is 2.63 bits per heavy atom. The van der Waals surface area contributed by atoms with Crippen LogP contribution in [0.15, 0.2) is 24.3 Å². The molecule has 0 saturated heterocycles. The van der Waals surface area contributed by atoms with Gasteiger partial charge in [0, 0.05) is 19.5 Å². The zero-order chi connectivity index (χ0) is 14.3. The molecule has 1 aromatic carbocycles. The van der Waals surface area contributed by atoms with Crippen molar-refractivity contribution in [1.29, 1.82) is 0 Å². The van der Waals surface area contributed by atoms with Crippen LogP contribution in [0, 0.1) is 12.3 Å². The summed E-state index contributed by atoms with van der Waals surface area (Å²) in [5, 5.41) is 6.16. The van der Waals surface area contributed by atoms with E-state index in [0.29, 0.717) is 13.0 Å². The van der Waals surface area contributed by atoms with Crippen molar-refractivity contribution in [3.8, 4) is 0 Å². The molecular formula is C16H26N2O. The first-order valence-electron chi connectivity index (χ1n) is 6.90. The third-order valence-electron chi connectivity index (χ3n) is 3.14. The Balaban J connectivity index is 2.32. The molecule has 0 atom stereocenters. The minimum atomic E-state index is 0.0910. The molecule has 1 aromatic rings. The van der Waals surface area contributed by atoms with Gasteiger partial charge in [0.15, 0.2) is 0 Å². The summed E-state index contributed by atoms with van der Waals surface area (Å²) in [6.45, 7) is 7.96. The molecule has 2 N–H and O–H groups in total. The van der Waals surface area contributed by atoms with Crippen LogP contribution in [0.5, 0.6) is 0 Å². The molecular weight excluding hydrogens is 236 g/mol. The molecule has 0 aromatic heterocycles. The molecule has 0 heterocycles. The van der Waals surface area contributed by atoms with Gasteiger partial charge in [0.1, 0.15) is 0 Å². The number of carbonyl (C=O) groups is 1. The molecule has 0 aliphatic rings. The molecule has 19 heavy (non-hydrogen) atoms. The second-order valence-electron chi connectivity index (χ2n) is 5.96. The molecule has 3 nitrogen and oxygen atoms in total. The molecule has 0 radical (unpaired) electrons. The van der Waals surface area contributed by atoms with Gasteiger partial charge in [-0.25, -0.2) is 0 Å². The SMILES string of the molecule is CNCC(C)(C)CNC(=O)CCc1cccc(C)c1. The van der Waals surface area contributed by atoms with E-state index >= 15 is 0 Å². The van der Waals surface area contributed by atoms with Crippen LogP contribution in [0.25, 0.3) is 0 Å². The van der Waals surface area contributed by atoms with E-state index in [2.05, 4.69) is 49.6 Å². The first kappa shape index (κ1) is 15.7. The third kappa shape index (κ3) is 6.39. The molecule has 3 heteroatoms. The molecule has 106 valence electrons. The maximum Gasteiger partial charge on any atom is 0.220 e. The summed E-state index contributed by atoms with van der Waals surface area (Å²) in [4.78, 5) is 11.8. The van der Waals surface area contributed by atoms with Gasteiger partial charge >= 0.3 is 0 Å². The highest BCUT2D eigenvalue weighted by atomic mass is 16.1. The van der Waals surface area contributed by atoms with E-state index in [1.165, 1.54) is 11.1 Å². The van der Waals surface area contributed by atoms with E-state index in [4.69, 9.17) is 0 Å². The topological polar surface area (TPSA) is 41.1 Å². The quantitative estimate of drug-likeness (QED) is 0.791. The van der Waals surface area contributed by atoms with E-state index in [9.17, 15) is 4.79 Å². The van der Waals surface area contributed by atoms with Gasteiger partial charge in [-0.3, -0.25) is 4.79 Å². The van der Waals surface area contributed by atoms with Crippen molar-refractivity contribution >= 4 is 5.91 Å². The number of nitrogens with one attached hydrogen (secondary N) is 2. The predicted molar refractivity (Wildman–Crippen MR) is 80.2 cm³/mol. The van der Waals surface area contributed by atoms with Crippen LogP contribution < -0.4 is 10.6 Å². The molecule has 0 unspecified atom stereocenters. The summed E-state index contributed by atoms with van der Waals surface area (Å²) in [6, 6.07) is 8.33. The minimum Gasteiger partial charge on any atom is -0.356 e. The van der Waals surface area contributed by atoms with Crippen LogP contribution in [0.2, 0.25) is 0 Å². The van der Waals surface area contributed by atoms with Crippen LogP contribution in [-0.4, -0.2) is 26.0 Å². The molecule has 1 rings (SSSR count). The summed E-state index contributed by atoms with van der Waals surface area (Å²) in [5.41, 5.74) is 2.56. The number of carbonyl (C=O) groups excluding carboxylic acids is 1. The Labute approximate surface area is 116 Å². The summed E-state index contributed by atoms with van der Waals surface area (Å²) >= 11 is 0. The number of benzene rings is 1. The molecule has 1 amide bonds. The monoisotopic (exact) mass is 262 g/mol. The zero-order valence-corrected chi connectivity index (χ0v) is 12.5. The highest BCUT2D eigenvalue weighted by Crippen LogP contribution is 2.11. The largest absolute Gasteiger partial charge is 0.356 e. The average Bonchev–Trinajstić information content (AvgIpc) is 2.34. The predicted octanol–water partition coefficient (Wildman–Crippen LogP) is 2.29. The Hall–Kier alpha value is -1.35. The fourth-order valence-electron chi connectivity index (χ4n) is 2.09. The lowest BCUT2D eigenvalue weighted by Gasteiger charge is -2.24. The lowest BCUT2D eigenvalue weighted by atomic mass is 9.93. The normalized spacial score (nSPS) is 11.4. The van der Waals surface area contributed by atoms with Gasteiger partial charge in [0.25, 0.3) is 0 Å². The molecule has 0 saturated carbocycles. The van der Waals surface area contributed by atoms with E-state index < -0.39 is 0 Å². The average molecular weight is 262 g/mol. The van der Waals surface area contributed by atoms with Gasteiger partial charge in [0.05, 0.1) is 0 Å². The lowest BCUT2D eigenvalue weighted by Crippen LogP contribution is -2.39. The van der Waals surface area contributed by atoms with Crippen molar-refractivity contribution in [2.45, 2.75) is 33.6 Å². The Bertz CT molecular complexity index is 413. The first-order chi connectivity index (χ1) is 8.93. The van der Waals surface area contributed by atoms with Crippen molar-refractivity contribution in [3.05, 3.63) is 35.4 Å². The van der Waals surface area contributed by atoms with E-state index in [0.717, 1.165) is 13.0 Å². The molecule has 0 aliphatic carbocycles. The third-order valence-corrected chi connectivity index (χ3v) is 3.14. The molecule has 0 fully saturated rings. The number of hydrogen-bond donors (Lipinski definition) is 2. The van der Waals surface area contributed by atoms with Crippen molar-refractivity contribution in [1.82, 2.24) is 10.6 Å². The van der Waals surface area contributed by atoms with Gasteiger partial charge in [-0.2, -0.15) is 0 Å².